The largest absolute Gasteiger partial charge is 0.481 e. The van der Waals surface area contributed by atoms with Gasteiger partial charge in [-0.1, -0.05) is 72.5 Å². The minimum Gasteiger partial charge on any atom is -0.481 e. The predicted molar refractivity (Wildman–Crippen MR) is 144 cm³/mol. The molecular formula is C32H52O4. The highest BCUT2D eigenvalue weighted by molar-refractivity contribution is 5.76. The molecule has 0 saturated heterocycles. The molecule has 0 amide bonds. The number of carbonyl (C=O) groups is 2. The number of carboxylic acids is 1. The molecule has 36 heavy (non-hydrogen) atoms. The van der Waals surface area contributed by atoms with Gasteiger partial charge in [-0.2, -0.15) is 0 Å². The van der Waals surface area contributed by atoms with Gasteiger partial charge in [0.15, 0.2) is 0 Å². The lowest BCUT2D eigenvalue weighted by atomic mass is 9.45. The lowest BCUT2D eigenvalue weighted by Gasteiger charge is -2.60. The molecule has 0 heterocycles. The maximum Gasteiger partial charge on any atom is 0.307 e. The van der Waals surface area contributed by atoms with E-state index in [1.807, 2.05) is 0 Å². The molecule has 0 aliphatic heterocycles. The highest BCUT2D eigenvalue weighted by Gasteiger charge is 2.61. The molecule has 4 aliphatic carbocycles. The first kappa shape index (κ1) is 27.9. The molecule has 3 fully saturated rings. The first-order valence-electron chi connectivity index (χ1n) is 15.0. The zero-order chi connectivity index (χ0) is 26.4. The number of hydrogen-bond donors (Lipinski definition) is 2. The summed E-state index contributed by atoms with van der Waals surface area (Å²) in [6, 6.07) is 0. The van der Waals surface area contributed by atoms with Crippen molar-refractivity contribution in [3.05, 3.63) is 11.6 Å². The topological polar surface area (TPSA) is 74.6 Å². The van der Waals surface area contributed by atoms with Gasteiger partial charge in [-0.3, -0.25) is 4.79 Å². The summed E-state index contributed by atoms with van der Waals surface area (Å²) in [4.78, 5) is 24.0. The SMILES string of the molecule is CC(C)CCC[C@@H](C)[C@H]1CC[C@H]2[C@@H]3CC=C4C(C(C(=O)O)C(C)C=O)[C@@H](O)CC[C@]4(C)[C@H]3CC[C@]12C. The molecule has 3 saturated carbocycles. The van der Waals surface area contributed by atoms with Crippen LogP contribution in [0.1, 0.15) is 106 Å². The number of aliphatic hydroxyl groups excluding tert-OH is 1. The fraction of sp³-hybridized carbons (Fsp3) is 0.875. The van der Waals surface area contributed by atoms with Crippen LogP contribution >= 0.6 is 0 Å². The van der Waals surface area contributed by atoms with Crippen LogP contribution in [0.25, 0.3) is 0 Å². The van der Waals surface area contributed by atoms with Crippen molar-refractivity contribution in [2.75, 3.05) is 0 Å². The number of aliphatic hydroxyl groups is 1. The van der Waals surface area contributed by atoms with Crippen LogP contribution in [0.15, 0.2) is 11.6 Å². The molecule has 204 valence electrons. The first-order chi connectivity index (χ1) is 17.0. The van der Waals surface area contributed by atoms with Crippen LogP contribution in [-0.2, 0) is 9.59 Å². The van der Waals surface area contributed by atoms with Gasteiger partial charge in [0.25, 0.3) is 0 Å². The van der Waals surface area contributed by atoms with E-state index < -0.39 is 29.8 Å². The fourth-order valence-corrected chi connectivity index (χ4v) is 10.0. The summed E-state index contributed by atoms with van der Waals surface area (Å²) in [5.41, 5.74) is 1.51. The Hall–Kier alpha value is -1.16. The molecule has 3 unspecified atom stereocenters. The number of hydrogen-bond acceptors (Lipinski definition) is 3. The van der Waals surface area contributed by atoms with E-state index in [2.05, 4.69) is 40.7 Å². The molecular weight excluding hydrogens is 448 g/mol. The zero-order valence-electron chi connectivity index (χ0n) is 23.7. The molecule has 4 aliphatic rings. The summed E-state index contributed by atoms with van der Waals surface area (Å²) in [6.07, 6.45) is 14.2. The number of allylic oxidation sites excluding steroid dienone is 1. The van der Waals surface area contributed by atoms with Crippen molar-refractivity contribution >= 4 is 12.3 Å². The maximum absolute atomic E-state index is 12.3. The summed E-state index contributed by atoms with van der Waals surface area (Å²) in [7, 11) is 0. The summed E-state index contributed by atoms with van der Waals surface area (Å²) in [5, 5.41) is 21.1. The maximum atomic E-state index is 12.3. The molecule has 0 bridgehead atoms. The molecule has 0 radical (unpaired) electrons. The van der Waals surface area contributed by atoms with Crippen molar-refractivity contribution in [1.29, 1.82) is 0 Å². The molecule has 4 nitrogen and oxygen atoms in total. The van der Waals surface area contributed by atoms with Crippen LogP contribution in [0.3, 0.4) is 0 Å². The van der Waals surface area contributed by atoms with Crippen LogP contribution in [0.2, 0.25) is 0 Å². The smallest absolute Gasteiger partial charge is 0.307 e. The van der Waals surface area contributed by atoms with Crippen molar-refractivity contribution in [3.63, 3.8) is 0 Å². The minimum atomic E-state index is -0.952. The Morgan fingerprint density at radius 1 is 1.06 bits per heavy atom. The molecule has 4 rings (SSSR count). The van der Waals surface area contributed by atoms with Gasteiger partial charge in [-0.15, -0.1) is 0 Å². The molecule has 2 N–H and O–H groups in total. The van der Waals surface area contributed by atoms with E-state index in [1.165, 1.54) is 44.9 Å². The fourth-order valence-electron chi connectivity index (χ4n) is 10.0. The number of fused-ring (bicyclic) bond motifs is 5. The number of rotatable bonds is 9. The van der Waals surface area contributed by atoms with Crippen molar-refractivity contribution in [2.45, 2.75) is 112 Å². The van der Waals surface area contributed by atoms with E-state index in [4.69, 9.17) is 0 Å². The third-order valence-corrected chi connectivity index (χ3v) is 11.9. The molecule has 0 aromatic carbocycles. The Morgan fingerprint density at radius 2 is 1.78 bits per heavy atom. The Kier molecular flexibility index (Phi) is 8.16. The van der Waals surface area contributed by atoms with Gasteiger partial charge in [0.2, 0.25) is 0 Å². The highest BCUT2D eigenvalue weighted by Crippen LogP contribution is 2.68. The van der Waals surface area contributed by atoms with Gasteiger partial charge in [0.05, 0.1) is 12.0 Å². The van der Waals surface area contributed by atoms with Gasteiger partial charge >= 0.3 is 5.97 Å². The number of carbonyl (C=O) groups excluding carboxylic acids is 1. The summed E-state index contributed by atoms with van der Waals surface area (Å²) in [6.45, 7) is 13.8. The second-order valence-corrected chi connectivity index (χ2v) is 14.2. The van der Waals surface area contributed by atoms with Gasteiger partial charge in [0, 0.05) is 11.8 Å². The van der Waals surface area contributed by atoms with Crippen molar-refractivity contribution in [3.8, 4) is 0 Å². The Balaban J connectivity index is 1.59. The quantitative estimate of drug-likeness (QED) is 0.260. The van der Waals surface area contributed by atoms with E-state index in [-0.39, 0.29) is 5.41 Å². The highest BCUT2D eigenvalue weighted by atomic mass is 16.4. The third-order valence-electron chi connectivity index (χ3n) is 11.9. The van der Waals surface area contributed by atoms with E-state index >= 15 is 0 Å². The third kappa shape index (κ3) is 4.63. The van der Waals surface area contributed by atoms with E-state index in [9.17, 15) is 19.8 Å². The van der Waals surface area contributed by atoms with Crippen molar-refractivity contribution in [2.24, 2.45) is 64.1 Å². The van der Waals surface area contributed by atoms with Crippen LogP contribution in [0.5, 0.6) is 0 Å². The zero-order valence-corrected chi connectivity index (χ0v) is 23.7. The standard InChI is InChI=1S/C32H52O4/c1-19(2)8-7-9-20(3)23-12-13-24-22-10-11-26-29(28(30(35)36)21(4)18-33)27(34)15-17-32(26,6)25(22)14-16-31(23,24)5/h11,18-25,27-29,34H,7-10,12-17H2,1-6H3,(H,35,36)/t20-,21?,22+,23-,24+,25+,27+,28?,29?,31-,32-/m1/s1. The van der Waals surface area contributed by atoms with Gasteiger partial charge in [0.1, 0.15) is 6.29 Å². The lowest BCUT2D eigenvalue weighted by molar-refractivity contribution is -0.150. The Morgan fingerprint density at radius 3 is 2.42 bits per heavy atom. The predicted octanol–water partition coefficient (Wildman–Crippen LogP) is 7.15. The second kappa shape index (κ2) is 10.5. The second-order valence-electron chi connectivity index (χ2n) is 14.2. The number of carboxylic acid groups (broad SMARTS) is 1. The molecule has 11 atom stereocenters. The molecule has 0 aromatic heterocycles. The Bertz CT molecular complexity index is 847. The molecule has 0 aromatic rings. The summed E-state index contributed by atoms with van der Waals surface area (Å²) >= 11 is 0. The Labute approximate surface area is 219 Å². The van der Waals surface area contributed by atoms with Crippen molar-refractivity contribution in [1.82, 2.24) is 0 Å². The minimum absolute atomic E-state index is 0.0641. The first-order valence-corrected chi connectivity index (χ1v) is 15.0. The van der Waals surface area contributed by atoms with Crippen LogP contribution in [0, 0.1) is 64.1 Å². The molecule has 0 spiro atoms. The summed E-state index contributed by atoms with van der Waals surface area (Å²) < 4.78 is 0. The van der Waals surface area contributed by atoms with Crippen LogP contribution < -0.4 is 0 Å². The monoisotopic (exact) mass is 500 g/mol. The van der Waals surface area contributed by atoms with Gasteiger partial charge in [-0.05, 0) is 91.3 Å². The van der Waals surface area contributed by atoms with Crippen LogP contribution in [-0.4, -0.2) is 28.6 Å². The number of aldehydes is 1. The average molecular weight is 501 g/mol. The average Bonchev–Trinajstić information content (AvgIpc) is 3.17. The van der Waals surface area contributed by atoms with Crippen molar-refractivity contribution < 1.29 is 19.8 Å². The normalized spacial score (nSPS) is 42.5. The van der Waals surface area contributed by atoms with E-state index in [0.717, 1.165) is 48.4 Å². The summed E-state index contributed by atoms with van der Waals surface area (Å²) in [5.74, 6) is 1.50. The van der Waals surface area contributed by atoms with Crippen LogP contribution in [0.4, 0.5) is 0 Å². The molecule has 4 heteroatoms. The van der Waals surface area contributed by atoms with Gasteiger partial charge < -0.3 is 15.0 Å². The van der Waals surface area contributed by atoms with E-state index in [1.54, 1.807) is 6.92 Å². The lowest BCUT2D eigenvalue weighted by Crippen LogP contribution is -2.54. The number of aliphatic carboxylic acids is 1. The van der Waals surface area contributed by atoms with E-state index in [0.29, 0.717) is 23.7 Å². The van der Waals surface area contributed by atoms with Gasteiger partial charge in [-0.25, -0.2) is 0 Å².